The maximum Gasteiger partial charge on any atom is 0.475 e. The van der Waals surface area contributed by atoms with Crippen molar-refractivity contribution in [2.24, 2.45) is 0 Å². The average Bonchev–Trinajstić information content (AvgIpc) is 2.03. The van der Waals surface area contributed by atoms with Gasteiger partial charge in [-0.15, -0.1) is 0 Å². The van der Waals surface area contributed by atoms with E-state index in [0.717, 1.165) is 0 Å². The van der Waals surface area contributed by atoms with Crippen molar-refractivity contribution < 1.29 is 23.1 Å². The van der Waals surface area contributed by atoms with Crippen LogP contribution in [0.15, 0.2) is 30.3 Å². The number of rotatable bonds is 1. The van der Waals surface area contributed by atoms with E-state index in [9.17, 15) is 18.0 Å². The van der Waals surface area contributed by atoms with E-state index in [-0.39, 0.29) is 0 Å². The van der Waals surface area contributed by atoms with Gasteiger partial charge in [0.15, 0.2) is 0 Å². The van der Waals surface area contributed by atoms with Gasteiger partial charge >= 0.3 is 11.6 Å². The second-order valence-electron chi connectivity index (χ2n) is 2.10. The van der Waals surface area contributed by atoms with Crippen LogP contribution in [0.25, 0.3) is 0 Å². The standard InChI is InChI=1S/C7H6O2.CClF3/c8-7(9)6-4-2-1-3-5-6;2-1(3,4)5/h1-5H,(H,8,9);. The van der Waals surface area contributed by atoms with Crippen molar-refractivity contribution in [2.75, 3.05) is 0 Å². The zero-order chi connectivity index (χ0) is 11.2. The summed E-state index contributed by atoms with van der Waals surface area (Å²) < 4.78 is 30.4. The van der Waals surface area contributed by atoms with E-state index in [0.29, 0.717) is 5.56 Å². The molecule has 0 amide bonds. The fourth-order valence-electron chi connectivity index (χ4n) is 0.581. The maximum atomic E-state index is 10.2. The van der Waals surface area contributed by atoms with Gasteiger partial charge in [-0.3, -0.25) is 0 Å². The first-order valence-electron chi connectivity index (χ1n) is 3.34. The Morgan fingerprint density at radius 2 is 1.57 bits per heavy atom. The number of carboxylic acid groups (broad SMARTS) is 1. The van der Waals surface area contributed by atoms with Gasteiger partial charge in [0.1, 0.15) is 0 Å². The molecule has 0 aliphatic carbocycles. The molecule has 14 heavy (non-hydrogen) atoms. The van der Waals surface area contributed by atoms with Gasteiger partial charge in [-0.25, -0.2) is 4.79 Å². The van der Waals surface area contributed by atoms with Crippen molar-refractivity contribution in [3.8, 4) is 0 Å². The predicted molar refractivity (Wildman–Crippen MR) is 45.3 cm³/mol. The monoisotopic (exact) mass is 226 g/mol. The van der Waals surface area contributed by atoms with E-state index in [2.05, 4.69) is 11.6 Å². The first kappa shape index (κ1) is 12.8. The number of hydrogen-bond acceptors (Lipinski definition) is 1. The van der Waals surface area contributed by atoms with Gasteiger partial charge in [0.05, 0.1) is 5.56 Å². The van der Waals surface area contributed by atoms with Gasteiger partial charge in [0.25, 0.3) is 0 Å². The molecule has 78 valence electrons. The summed E-state index contributed by atoms with van der Waals surface area (Å²) in [5.74, 6) is -0.879. The zero-order valence-electron chi connectivity index (χ0n) is 6.75. The van der Waals surface area contributed by atoms with E-state index in [1.165, 1.54) is 0 Å². The Hall–Kier alpha value is -1.23. The molecule has 1 aromatic carbocycles. The highest BCUT2D eigenvalue weighted by molar-refractivity contribution is 6.20. The smallest absolute Gasteiger partial charge is 0.475 e. The van der Waals surface area contributed by atoms with Gasteiger partial charge in [0, 0.05) is 0 Å². The Labute approximate surface area is 82.9 Å². The van der Waals surface area contributed by atoms with Crippen molar-refractivity contribution in [1.82, 2.24) is 0 Å². The first-order chi connectivity index (χ1) is 6.30. The van der Waals surface area contributed by atoms with Crippen LogP contribution < -0.4 is 0 Å². The predicted octanol–water partition coefficient (Wildman–Crippen LogP) is 3.13. The maximum absolute atomic E-state index is 10.2. The van der Waals surface area contributed by atoms with Crippen molar-refractivity contribution in [3.63, 3.8) is 0 Å². The molecule has 0 aliphatic rings. The molecule has 0 saturated carbocycles. The summed E-state index contributed by atoms with van der Waals surface area (Å²) in [5.41, 5.74) is -4.20. The highest BCUT2D eigenvalue weighted by atomic mass is 35.5. The topological polar surface area (TPSA) is 37.3 Å². The molecule has 1 N–H and O–H groups in total. The number of carbonyl (C=O) groups is 1. The quantitative estimate of drug-likeness (QED) is 0.747. The third-order valence-electron chi connectivity index (χ3n) is 1.02. The molecule has 2 nitrogen and oxygen atoms in total. The number of benzene rings is 1. The Morgan fingerprint density at radius 1 is 1.21 bits per heavy atom. The van der Waals surface area contributed by atoms with Crippen LogP contribution in [0.2, 0.25) is 0 Å². The Morgan fingerprint density at radius 3 is 1.79 bits per heavy atom. The van der Waals surface area contributed by atoms with Crippen molar-refractivity contribution in [1.29, 1.82) is 0 Å². The third kappa shape index (κ3) is 8.86. The van der Waals surface area contributed by atoms with Crippen LogP contribution in [0.1, 0.15) is 10.4 Å². The molecule has 0 heterocycles. The number of alkyl halides is 4. The fraction of sp³-hybridized carbons (Fsp3) is 0.125. The Balaban J connectivity index is 0.000000292. The van der Waals surface area contributed by atoms with Crippen LogP contribution >= 0.6 is 11.6 Å². The summed E-state index contributed by atoms with van der Waals surface area (Å²) in [4.78, 5) is 10.2. The Kier molecular flexibility index (Phi) is 5.01. The van der Waals surface area contributed by atoms with Gasteiger partial charge in [-0.2, -0.15) is 13.2 Å². The van der Waals surface area contributed by atoms with E-state index >= 15 is 0 Å². The van der Waals surface area contributed by atoms with Gasteiger partial charge in [-0.1, -0.05) is 18.2 Å². The summed E-state index contributed by atoms with van der Waals surface area (Å²) in [6.07, 6.45) is 0. The molecular weight excluding hydrogens is 221 g/mol. The molecule has 0 fully saturated rings. The third-order valence-corrected chi connectivity index (χ3v) is 1.02. The SMILES string of the molecule is FC(F)(F)Cl.O=C(O)c1ccccc1. The Bertz CT molecular complexity index is 278. The van der Waals surface area contributed by atoms with Gasteiger partial charge < -0.3 is 5.11 Å². The average molecular weight is 227 g/mol. The summed E-state index contributed by atoms with van der Waals surface area (Å²) in [7, 11) is 0. The fourth-order valence-corrected chi connectivity index (χ4v) is 0.581. The molecule has 0 unspecified atom stereocenters. The summed E-state index contributed by atoms with van der Waals surface area (Å²) in [5, 5.41) is 8.38. The van der Waals surface area contributed by atoms with E-state index < -0.39 is 11.6 Å². The van der Waals surface area contributed by atoms with E-state index in [1.807, 2.05) is 0 Å². The first-order valence-corrected chi connectivity index (χ1v) is 3.72. The van der Waals surface area contributed by atoms with Gasteiger partial charge in [0.2, 0.25) is 0 Å². The minimum atomic E-state index is -4.53. The highest BCUT2D eigenvalue weighted by Gasteiger charge is 2.20. The molecule has 0 bridgehead atoms. The molecule has 0 spiro atoms. The van der Waals surface area contributed by atoms with Gasteiger partial charge in [-0.05, 0) is 23.7 Å². The molecule has 0 aromatic heterocycles. The molecule has 1 aromatic rings. The number of halogens is 4. The lowest BCUT2D eigenvalue weighted by atomic mass is 10.2. The molecule has 0 aliphatic heterocycles. The summed E-state index contributed by atoms with van der Waals surface area (Å²) in [6, 6.07) is 8.30. The molecule has 0 atom stereocenters. The van der Waals surface area contributed by atoms with Crippen molar-refractivity contribution in [2.45, 2.75) is 5.64 Å². The number of carboxylic acids is 1. The number of aromatic carboxylic acids is 1. The molecule has 6 heteroatoms. The number of hydrogen-bond donors (Lipinski definition) is 1. The van der Waals surface area contributed by atoms with Crippen molar-refractivity contribution >= 4 is 17.6 Å². The lowest BCUT2D eigenvalue weighted by Gasteiger charge is -1.88. The molecular formula is C8H6ClF3O2. The lowest BCUT2D eigenvalue weighted by molar-refractivity contribution is -0.0420. The summed E-state index contributed by atoms with van der Waals surface area (Å²) >= 11 is 3.53. The molecule has 0 radical (unpaired) electrons. The molecule has 1 rings (SSSR count). The van der Waals surface area contributed by atoms with Crippen LogP contribution in [0.3, 0.4) is 0 Å². The van der Waals surface area contributed by atoms with Crippen LogP contribution in [-0.4, -0.2) is 16.7 Å². The van der Waals surface area contributed by atoms with Crippen LogP contribution in [0.5, 0.6) is 0 Å². The van der Waals surface area contributed by atoms with Crippen LogP contribution in [0.4, 0.5) is 13.2 Å². The second kappa shape index (κ2) is 5.49. The van der Waals surface area contributed by atoms with Crippen LogP contribution in [0, 0.1) is 0 Å². The van der Waals surface area contributed by atoms with E-state index in [1.54, 1.807) is 30.3 Å². The largest absolute Gasteiger partial charge is 0.478 e. The van der Waals surface area contributed by atoms with E-state index in [4.69, 9.17) is 5.11 Å². The minimum absolute atomic E-state index is 0.331. The zero-order valence-corrected chi connectivity index (χ0v) is 7.51. The minimum Gasteiger partial charge on any atom is -0.478 e. The normalized spacial score (nSPS) is 10.0. The highest BCUT2D eigenvalue weighted by Crippen LogP contribution is 2.18. The van der Waals surface area contributed by atoms with Crippen molar-refractivity contribution in [3.05, 3.63) is 35.9 Å². The van der Waals surface area contributed by atoms with Crippen LogP contribution in [-0.2, 0) is 0 Å². The summed E-state index contributed by atoms with van der Waals surface area (Å²) in [6.45, 7) is 0. The lowest BCUT2D eigenvalue weighted by Crippen LogP contribution is -1.93. The second-order valence-corrected chi connectivity index (χ2v) is 2.53. The molecule has 0 saturated heterocycles.